The van der Waals surface area contributed by atoms with Crippen LogP contribution in [0, 0.1) is 0 Å². The topological polar surface area (TPSA) is 20.2 Å². The normalized spacial score (nSPS) is 15.2. The zero-order chi connectivity index (χ0) is 11.3. The highest BCUT2D eigenvalue weighted by atomic mass is 19.2. The van der Waals surface area contributed by atoms with Gasteiger partial charge in [0, 0.05) is 0 Å². The quantitative estimate of drug-likeness (QED) is 0.812. The summed E-state index contributed by atoms with van der Waals surface area (Å²) in [6.45, 7) is 0.967. The second kappa shape index (κ2) is 5.41. The van der Waals surface area contributed by atoms with Crippen molar-refractivity contribution in [1.82, 2.24) is 0 Å². The number of halogens is 2. The van der Waals surface area contributed by atoms with Crippen LogP contribution in [0.25, 0.3) is 6.08 Å². The summed E-state index contributed by atoms with van der Waals surface area (Å²) in [6, 6.07) is 9.08. The van der Waals surface area contributed by atoms with Crippen LogP contribution in [0.15, 0.2) is 48.1 Å². The van der Waals surface area contributed by atoms with Crippen LogP contribution in [-0.2, 0) is 0 Å². The van der Waals surface area contributed by atoms with E-state index in [4.69, 9.17) is 0 Å². The molecule has 3 heteroatoms. The summed E-state index contributed by atoms with van der Waals surface area (Å²) in [5.41, 5.74) is 0.820. The van der Waals surface area contributed by atoms with E-state index in [0.717, 1.165) is 12.5 Å². The first-order chi connectivity index (χ1) is 7.11. The van der Waals surface area contributed by atoms with E-state index >= 15 is 0 Å². The van der Waals surface area contributed by atoms with Gasteiger partial charge in [0.25, 0.3) is 0 Å². The smallest absolute Gasteiger partial charge is 0.163 e. The fraction of sp³-hybridized carbons (Fsp3) is 0.167. The van der Waals surface area contributed by atoms with Crippen LogP contribution in [-0.4, -0.2) is 11.2 Å². The summed E-state index contributed by atoms with van der Waals surface area (Å²) in [7, 11) is 0. The zero-order valence-electron chi connectivity index (χ0n) is 8.32. The first-order valence-electron chi connectivity index (χ1n) is 4.54. The van der Waals surface area contributed by atoms with E-state index in [9.17, 15) is 13.9 Å². The largest absolute Gasteiger partial charge is 0.382 e. The van der Waals surface area contributed by atoms with Gasteiger partial charge in [-0.1, -0.05) is 36.4 Å². The number of aliphatic hydroxyl groups excluding tert-OH is 1. The Morgan fingerprint density at radius 3 is 2.40 bits per heavy atom. The second-order valence-electron chi connectivity index (χ2n) is 3.10. The lowest BCUT2D eigenvalue weighted by molar-refractivity contribution is 0.222. The molecule has 0 saturated carbocycles. The highest BCUT2D eigenvalue weighted by molar-refractivity contribution is 5.50. The minimum absolute atomic E-state index is 0.820. The van der Waals surface area contributed by atoms with Gasteiger partial charge >= 0.3 is 0 Å². The van der Waals surface area contributed by atoms with E-state index < -0.39 is 17.8 Å². The molecule has 15 heavy (non-hydrogen) atoms. The maximum atomic E-state index is 12.8. The average Bonchev–Trinajstić information content (AvgIpc) is 2.26. The van der Waals surface area contributed by atoms with Gasteiger partial charge in [-0.25, -0.2) is 8.78 Å². The van der Waals surface area contributed by atoms with Crippen molar-refractivity contribution in [2.24, 2.45) is 0 Å². The molecule has 0 aliphatic heterocycles. The molecule has 1 aromatic carbocycles. The lowest BCUT2D eigenvalue weighted by Gasteiger charge is -2.02. The number of hydrogen-bond donors (Lipinski definition) is 1. The molecule has 0 aliphatic rings. The van der Waals surface area contributed by atoms with E-state index in [0.29, 0.717) is 0 Å². The Bertz CT molecular complexity index is 364. The molecule has 1 rings (SSSR count). The predicted octanol–water partition coefficient (Wildman–Crippen LogP) is 3.23. The maximum absolute atomic E-state index is 12.8. The summed E-state index contributed by atoms with van der Waals surface area (Å²) in [4.78, 5) is 0. The van der Waals surface area contributed by atoms with Crippen molar-refractivity contribution in [3.63, 3.8) is 0 Å². The van der Waals surface area contributed by atoms with Gasteiger partial charge in [-0.3, -0.25) is 0 Å². The molecule has 1 N–H and O–H groups in total. The van der Waals surface area contributed by atoms with Crippen molar-refractivity contribution in [3.8, 4) is 0 Å². The molecule has 0 saturated heterocycles. The number of benzene rings is 1. The minimum atomic E-state index is -1.52. The lowest BCUT2D eigenvalue weighted by atomic mass is 10.2. The van der Waals surface area contributed by atoms with E-state index in [1.807, 2.05) is 18.2 Å². The molecule has 0 heterocycles. The van der Waals surface area contributed by atoms with Gasteiger partial charge in [0.2, 0.25) is 0 Å². The van der Waals surface area contributed by atoms with Crippen LogP contribution < -0.4 is 0 Å². The van der Waals surface area contributed by atoms with Gasteiger partial charge < -0.3 is 5.11 Å². The fourth-order valence-electron chi connectivity index (χ4n) is 1.05. The third kappa shape index (κ3) is 3.64. The second-order valence-corrected chi connectivity index (χ2v) is 3.10. The van der Waals surface area contributed by atoms with Gasteiger partial charge in [0.1, 0.15) is 11.9 Å². The third-order valence-electron chi connectivity index (χ3n) is 1.86. The van der Waals surface area contributed by atoms with Gasteiger partial charge in [-0.15, -0.1) is 0 Å². The molecule has 0 spiro atoms. The molecule has 80 valence electrons. The van der Waals surface area contributed by atoms with Crippen molar-refractivity contribution < 1.29 is 13.9 Å². The highest BCUT2D eigenvalue weighted by Crippen LogP contribution is 2.14. The Morgan fingerprint density at radius 1 is 1.27 bits per heavy atom. The van der Waals surface area contributed by atoms with Crippen LogP contribution in [0.5, 0.6) is 0 Å². The molecular formula is C12H12F2O. The van der Waals surface area contributed by atoms with Gasteiger partial charge in [0.15, 0.2) is 5.83 Å². The summed E-state index contributed by atoms with van der Waals surface area (Å²) in [5, 5.41) is 9.19. The molecule has 0 radical (unpaired) electrons. The Morgan fingerprint density at radius 2 is 1.87 bits per heavy atom. The van der Waals surface area contributed by atoms with Crippen LogP contribution in [0.4, 0.5) is 8.78 Å². The Kier molecular flexibility index (Phi) is 4.18. The molecule has 1 aromatic rings. The average molecular weight is 210 g/mol. The molecule has 0 fully saturated rings. The summed E-state index contributed by atoms with van der Waals surface area (Å²) in [6.07, 6.45) is 1.22. The standard InChI is InChI=1S/C12H12F2O/c1-9(13)12(14)11(15)8-7-10-5-3-2-4-6-10/h2-8,11,15H,1H3/b8-7+,12-9+. The maximum Gasteiger partial charge on any atom is 0.163 e. The Labute approximate surface area is 87.4 Å². The number of rotatable bonds is 3. The third-order valence-corrected chi connectivity index (χ3v) is 1.86. The van der Waals surface area contributed by atoms with E-state index in [-0.39, 0.29) is 0 Å². The van der Waals surface area contributed by atoms with Crippen molar-refractivity contribution >= 4 is 6.08 Å². The zero-order valence-corrected chi connectivity index (χ0v) is 8.32. The van der Waals surface area contributed by atoms with Crippen molar-refractivity contribution in [2.45, 2.75) is 13.0 Å². The molecule has 1 nitrogen and oxygen atoms in total. The van der Waals surface area contributed by atoms with Gasteiger partial charge in [-0.2, -0.15) is 0 Å². The molecule has 0 aromatic heterocycles. The molecule has 0 aliphatic carbocycles. The van der Waals surface area contributed by atoms with Crippen molar-refractivity contribution in [3.05, 3.63) is 53.6 Å². The number of allylic oxidation sites excluding steroid dienone is 1. The molecular weight excluding hydrogens is 198 g/mol. The van der Waals surface area contributed by atoms with Gasteiger partial charge in [-0.05, 0) is 18.6 Å². The fourth-order valence-corrected chi connectivity index (χ4v) is 1.05. The SMILES string of the molecule is C/C(F)=C(\F)C(O)/C=C/c1ccccc1. The minimum Gasteiger partial charge on any atom is -0.382 e. The van der Waals surface area contributed by atoms with E-state index in [2.05, 4.69) is 0 Å². The Balaban J connectivity index is 2.71. The molecule has 1 atom stereocenters. The van der Waals surface area contributed by atoms with Gasteiger partial charge in [0.05, 0.1) is 0 Å². The first-order valence-corrected chi connectivity index (χ1v) is 4.54. The monoisotopic (exact) mass is 210 g/mol. The number of aliphatic hydroxyl groups is 1. The van der Waals surface area contributed by atoms with Crippen LogP contribution in [0.2, 0.25) is 0 Å². The predicted molar refractivity (Wildman–Crippen MR) is 56.4 cm³/mol. The molecule has 0 amide bonds. The Hall–Kier alpha value is -1.48. The first kappa shape index (κ1) is 11.6. The highest BCUT2D eigenvalue weighted by Gasteiger charge is 2.09. The summed E-state index contributed by atoms with van der Waals surface area (Å²) in [5.74, 6) is -2.15. The summed E-state index contributed by atoms with van der Waals surface area (Å²) < 4.78 is 25.2. The van der Waals surface area contributed by atoms with Crippen LogP contribution in [0.1, 0.15) is 12.5 Å². The molecule has 1 unspecified atom stereocenters. The van der Waals surface area contributed by atoms with Crippen molar-refractivity contribution in [2.75, 3.05) is 0 Å². The summed E-state index contributed by atoms with van der Waals surface area (Å²) >= 11 is 0. The number of hydrogen-bond acceptors (Lipinski definition) is 1. The van der Waals surface area contributed by atoms with Crippen LogP contribution >= 0.6 is 0 Å². The van der Waals surface area contributed by atoms with Crippen molar-refractivity contribution in [1.29, 1.82) is 0 Å². The van der Waals surface area contributed by atoms with E-state index in [1.165, 1.54) is 12.2 Å². The molecule has 0 bridgehead atoms. The van der Waals surface area contributed by atoms with E-state index in [1.54, 1.807) is 12.1 Å². The van der Waals surface area contributed by atoms with Crippen LogP contribution in [0.3, 0.4) is 0 Å². The lowest BCUT2D eigenvalue weighted by Crippen LogP contribution is -2.03.